The highest BCUT2D eigenvalue weighted by Crippen LogP contribution is 2.27. The van der Waals surface area contributed by atoms with Gasteiger partial charge in [0.15, 0.2) is 5.43 Å². The molecular weight excluding hydrogens is 420 g/mol. The van der Waals surface area contributed by atoms with E-state index in [1.165, 1.54) is 60.7 Å². The highest BCUT2D eigenvalue weighted by Gasteiger charge is 2.15. The smallest absolute Gasteiger partial charge is 0.343 e. The summed E-state index contributed by atoms with van der Waals surface area (Å²) in [7, 11) is 0. The zero-order chi connectivity index (χ0) is 22.8. The Morgan fingerprint density at radius 1 is 0.844 bits per heavy atom. The number of nitro benzene ring substituents is 2. The molecule has 0 aliphatic heterocycles. The first-order chi connectivity index (χ1) is 15.3. The number of ether oxygens (including phenoxy) is 1. The molecule has 4 rings (SSSR count). The lowest BCUT2D eigenvalue weighted by atomic mass is 10.1. The Morgan fingerprint density at radius 2 is 1.53 bits per heavy atom. The molecule has 158 valence electrons. The predicted molar refractivity (Wildman–Crippen MR) is 113 cm³/mol. The van der Waals surface area contributed by atoms with Crippen molar-refractivity contribution in [3.05, 3.63) is 109 Å². The lowest BCUT2D eigenvalue weighted by molar-refractivity contribution is -0.385. The van der Waals surface area contributed by atoms with Crippen molar-refractivity contribution < 1.29 is 23.8 Å². The van der Waals surface area contributed by atoms with Gasteiger partial charge in [-0.2, -0.15) is 0 Å². The van der Waals surface area contributed by atoms with Crippen LogP contribution in [0.5, 0.6) is 5.75 Å². The first kappa shape index (κ1) is 20.4. The maximum atomic E-state index is 12.6. The Morgan fingerprint density at radius 3 is 2.25 bits per heavy atom. The van der Waals surface area contributed by atoms with Crippen molar-refractivity contribution in [1.29, 1.82) is 0 Å². The molecule has 0 unspecified atom stereocenters. The number of hydrogen-bond donors (Lipinski definition) is 0. The highest BCUT2D eigenvalue weighted by molar-refractivity contribution is 5.92. The number of nitrogens with zero attached hydrogens (tertiary/aromatic N) is 2. The van der Waals surface area contributed by atoms with Crippen LogP contribution in [0.1, 0.15) is 10.4 Å². The SMILES string of the molecule is O=C(Oc1ccc2oc(-c3cccc([N+](=O)[O-])c3)cc(=O)c2c1)c1cccc([N+](=O)[O-])c1. The lowest BCUT2D eigenvalue weighted by Crippen LogP contribution is -2.09. The molecule has 0 bridgehead atoms. The molecule has 0 radical (unpaired) electrons. The molecule has 0 fully saturated rings. The summed E-state index contributed by atoms with van der Waals surface area (Å²) in [5, 5.41) is 22.0. The predicted octanol–water partition coefficient (Wildman–Crippen LogP) is 4.50. The summed E-state index contributed by atoms with van der Waals surface area (Å²) in [4.78, 5) is 45.6. The molecule has 0 spiro atoms. The van der Waals surface area contributed by atoms with Crippen LogP contribution < -0.4 is 10.2 Å². The van der Waals surface area contributed by atoms with E-state index in [0.717, 1.165) is 6.07 Å². The molecule has 10 nitrogen and oxygen atoms in total. The van der Waals surface area contributed by atoms with Gasteiger partial charge in [0.05, 0.1) is 20.8 Å². The molecule has 0 amide bonds. The summed E-state index contributed by atoms with van der Waals surface area (Å²) in [6.07, 6.45) is 0. The Hall–Kier alpha value is -4.86. The average molecular weight is 432 g/mol. The van der Waals surface area contributed by atoms with Crippen LogP contribution in [0.3, 0.4) is 0 Å². The fourth-order valence-electron chi connectivity index (χ4n) is 3.03. The number of fused-ring (bicyclic) bond motifs is 1. The van der Waals surface area contributed by atoms with E-state index in [4.69, 9.17) is 9.15 Å². The second kappa shape index (κ2) is 8.11. The number of nitro groups is 2. The maximum absolute atomic E-state index is 12.6. The minimum absolute atomic E-state index is 0.0210. The minimum Gasteiger partial charge on any atom is -0.456 e. The van der Waals surface area contributed by atoms with Gasteiger partial charge in [-0.05, 0) is 24.3 Å². The van der Waals surface area contributed by atoms with Gasteiger partial charge in [-0.3, -0.25) is 25.0 Å². The van der Waals surface area contributed by atoms with Crippen molar-refractivity contribution in [1.82, 2.24) is 0 Å². The topological polar surface area (TPSA) is 143 Å². The number of carbonyl (C=O) groups is 1. The van der Waals surface area contributed by atoms with Gasteiger partial charge < -0.3 is 9.15 Å². The van der Waals surface area contributed by atoms with Crippen molar-refractivity contribution in [2.75, 3.05) is 0 Å². The maximum Gasteiger partial charge on any atom is 0.343 e. The van der Waals surface area contributed by atoms with Crippen molar-refractivity contribution in [3.63, 3.8) is 0 Å². The van der Waals surface area contributed by atoms with Crippen LogP contribution in [-0.4, -0.2) is 15.8 Å². The molecule has 10 heteroatoms. The third kappa shape index (κ3) is 4.05. The van der Waals surface area contributed by atoms with Crippen molar-refractivity contribution >= 4 is 28.3 Å². The van der Waals surface area contributed by atoms with E-state index in [0.29, 0.717) is 5.56 Å². The zero-order valence-corrected chi connectivity index (χ0v) is 16.1. The molecule has 0 saturated heterocycles. The van der Waals surface area contributed by atoms with E-state index in [2.05, 4.69) is 0 Å². The van der Waals surface area contributed by atoms with Gasteiger partial charge in [0.25, 0.3) is 11.4 Å². The van der Waals surface area contributed by atoms with E-state index in [1.54, 1.807) is 6.07 Å². The molecule has 0 saturated carbocycles. The standard InChI is InChI=1S/C22H12N2O8/c25-19-12-21(13-3-1-5-15(9-13)23(27)28)32-20-8-7-17(11-18(19)20)31-22(26)14-4-2-6-16(10-14)24(29)30/h1-12H. The number of non-ortho nitro benzene ring substituents is 2. The van der Waals surface area contributed by atoms with Crippen LogP contribution in [0.2, 0.25) is 0 Å². The number of rotatable bonds is 5. The first-order valence-corrected chi connectivity index (χ1v) is 9.11. The molecule has 0 N–H and O–H groups in total. The van der Waals surface area contributed by atoms with Gasteiger partial charge >= 0.3 is 5.97 Å². The third-order valence-corrected chi connectivity index (χ3v) is 4.54. The summed E-state index contributed by atoms with van der Waals surface area (Å²) in [6, 6.07) is 16.1. The molecule has 32 heavy (non-hydrogen) atoms. The molecule has 1 aromatic heterocycles. The highest BCUT2D eigenvalue weighted by atomic mass is 16.6. The van der Waals surface area contributed by atoms with E-state index < -0.39 is 21.2 Å². The molecule has 0 aliphatic carbocycles. The fraction of sp³-hybridized carbons (Fsp3) is 0. The summed E-state index contributed by atoms with van der Waals surface area (Å²) < 4.78 is 11.0. The van der Waals surface area contributed by atoms with Crippen LogP contribution >= 0.6 is 0 Å². The van der Waals surface area contributed by atoms with Crippen LogP contribution in [0.4, 0.5) is 11.4 Å². The Kier molecular flexibility index (Phi) is 5.17. The number of carbonyl (C=O) groups excluding carboxylic acids is 1. The Bertz CT molecular complexity index is 1460. The van der Waals surface area contributed by atoms with Gasteiger partial charge in [0.1, 0.15) is 17.1 Å². The first-order valence-electron chi connectivity index (χ1n) is 9.11. The van der Waals surface area contributed by atoms with E-state index in [-0.39, 0.29) is 39.4 Å². The average Bonchev–Trinajstić information content (AvgIpc) is 2.79. The monoisotopic (exact) mass is 432 g/mol. The van der Waals surface area contributed by atoms with Crippen LogP contribution in [0.15, 0.2) is 82.0 Å². The summed E-state index contributed by atoms with van der Waals surface area (Å²) >= 11 is 0. The second-order valence-corrected chi connectivity index (χ2v) is 6.64. The Balaban J connectivity index is 1.65. The molecule has 1 heterocycles. The van der Waals surface area contributed by atoms with Crippen molar-refractivity contribution in [2.24, 2.45) is 0 Å². The number of esters is 1. The van der Waals surface area contributed by atoms with Crippen LogP contribution in [0.25, 0.3) is 22.3 Å². The summed E-state index contributed by atoms with van der Waals surface area (Å²) in [5.74, 6) is -0.636. The molecule has 0 aliphatic rings. The van der Waals surface area contributed by atoms with E-state index in [9.17, 15) is 29.8 Å². The number of benzene rings is 3. The van der Waals surface area contributed by atoms with Crippen LogP contribution in [-0.2, 0) is 0 Å². The molecular formula is C22H12N2O8. The third-order valence-electron chi connectivity index (χ3n) is 4.54. The number of hydrogen-bond acceptors (Lipinski definition) is 8. The fourth-order valence-corrected chi connectivity index (χ4v) is 3.03. The van der Waals surface area contributed by atoms with Crippen molar-refractivity contribution in [2.45, 2.75) is 0 Å². The second-order valence-electron chi connectivity index (χ2n) is 6.64. The molecule has 4 aromatic rings. The quantitative estimate of drug-likeness (QED) is 0.194. The van der Waals surface area contributed by atoms with Gasteiger partial charge in [0.2, 0.25) is 0 Å². The Labute approximate surface area is 178 Å². The van der Waals surface area contributed by atoms with Gasteiger partial charge in [-0.25, -0.2) is 4.79 Å². The van der Waals surface area contributed by atoms with Gasteiger partial charge in [-0.1, -0.05) is 18.2 Å². The zero-order valence-electron chi connectivity index (χ0n) is 16.1. The van der Waals surface area contributed by atoms with Gasteiger partial charge in [-0.15, -0.1) is 0 Å². The van der Waals surface area contributed by atoms with Crippen LogP contribution in [0, 0.1) is 20.2 Å². The van der Waals surface area contributed by atoms with Gasteiger partial charge in [0, 0.05) is 35.9 Å². The molecule has 0 atom stereocenters. The normalized spacial score (nSPS) is 10.6. The van der Waals surface area contributed by atoms with E-state index in [1.807, 2.05) is 0 Å². The summed E-state index contributed by atoms with van der Waals surface area (Å²) in [5.41, 5.74) is -0.317. The molecule has 3 aromatic carbocycles. The van der Waals surface area contributed by atoms with Crippen molar-refractivity contribution in [3.8, 4) is 17.1 Å². The lowest BCUT2D eigenvalue weighted by Gasteiger charge is -2.07. The minimum atomic E-state index is -0.828. The largest absolute Gasteiger partial charge is 0.456 e. The summed E-state index contributed by atoms with van der Waals surface area (Å²) in [6.45, 7) is 0. The van der Waals surface area contributed by atoms with E-state index >= 15 is 0 Å².